The van der Waals surface area contributed by atoms with Crippen molar-refractivity contribution in [1.82, 2.24) is 10.3 Å². The van der Waals surface area contributed by atoms with E-state index in [4.69, 9.17) is 0 Å². The van der Waals surface area contributed by atoms with Crippen molar-refractivity contribution in [2.45, 2.75) is 39.8 Å². The molecule has 0 aliphatic rings. The van der Waals surface area contributed by atoms with Gasteiger partial charge in [0.05, 0.1) is 5.60 Å². The van der Waals surface area contributed by atoms with Crippen LogP contribution in [-0.4, -0.2) is 35.8 Å². The first kappa shape index (κ1) is 14.9. The summed E-state index contributed by atoms with van der Waals surface area (Å²) in [7, 11) is 1.93. The Hall–Kier alpha value is -1.13. The first-order chi connectivity index (χ1) is 8.37. The molecule has 1 rings (SSSR count). The van der Waals surface area contributed by atoms with Gasteiger partial charge in [0.15, 0.2) is 0 Å². The molecule has 0 saturated heterocycles. The van der Waals surface area contributed by atoms with E-state index in [2.05, 4.69) is 35.1 Å². The number of aryl methyl sites for hydroxylation is 1. The average molecular weight is 251 g/mol. The van der Waals surface area contributed by atoms with E-state index in [0.717, 1.165) is 24.5 Å². The fourth-order valence-corrected chi connectivity index (χ4v) is 2.06. The second-order valence-electron chi connectivity index (χ2n) is 5.34. The second-order valence-corrected chi connectivity index (χ2v) is 5.34. The number of rotatable bonds is 6. The molecular formula is C14H25N3O. The van der Waals surface area contributed by atoms with Crippen molar-refractivity contribution in [1.29, 1.82) is 0 Å². The van der Waals surface area contributed by atoms with Crippen LogP contribution in [0, 0.1) is 6.92 Å². The lowest BCUT2D eigenvalue weighted by molar-refractivity contribution is 0.0874. The molecule has 1 heterocycles. The largest absolute Gasteiger partial charge is 0.389 e. The van der Waals surface area contributed by atoms with Crippen molar-refractivity contribution < 1.29 is 5.11 Å². The maximum Gasteiger partial charge on any atom is 0.131 e. The van der Waals surface area contributed by atoms with Crippen LogP contribution in [-0.2, 0) is 6.54 Å². The number of aromatic nitrogens is 1. The van der Waals surface area contributed by atoms with Gasteiger partial charge in [-0.2, -0.15) is 0 Å². The first-order valence-electron chi connectivity index (χ1n) is 6.45. The van der Waals surface area contributed by atoms with Crippen LogP contribution in [0.5, 0.6) is 0 Å². The van der Waals surface area contributed by atoms with E-state index in [1.807, 2.05) is 27.1 Å². The van der Waals surface area contributed by atoms with Gasteiger partial charge in [0.2, 0.25) is 0 Å². The minimum absolute atomic E-state index is 0.586. The fourth-order valence-electron chi connectivity index (χ4n) is 2.06. The molecule has 0 amide bonds. The van der Waals surface area contributed by atoms with E-state index in [1.165, 1.54) is 5.56 Å². The van der Waals surface area contributed by atoms with Crippen molar-refractivity contribution in [3.63, 3.8) is 0 Å². The van der Waals surface area contributed by atoms with Crippen molar-refractivity contribution >= 4 is 5.82 Å². The lowest BCUT2D eigenvalue weighted by Crippen LogP contribution is -2.39. The Morgan fingerprint density at radius 1 is 1.44 bits per heavy atom. The monoisotopic (exact) mass is 251 g/mol. The van der Waals surface area contributed by atoms with Gasteiger partial charge in [0.25, 0.3) is 0 Å². The molecule has 0 atom stereocenters. The normalized spacial score (nSPS) is 11.7. The van der Waals surface area contributed by atoms with Crippen LogP contribution >= 0.6 is 0 Å². The highest BCUT2D eigenvalue weighted by atomic mass is 16.3. The van der Waals surface area contributed by atoms with Crippen LogP contribution in [0.2, 0.25) is 0 Å². The Morgan fingerprint density at radius 2 is 2.11 bits per heavy atom. The molecule has 0 aliphatic heterocycles. The predicted molar refractivity (Wildman–Crippen MR) is 75.9 cm³/mol. The summed E-state index contributed by atoms with van der Waals surface area (Å²) in [5, 5.41) is 13.0. The minimum Gasteiger partial charge on any atom is -0.389 e. The van der Waals surface area contributed by atoms with Gasteiger partial charge in [0, 0.05) is 25.8 Å². The van der Waals surface area contributed by atoms with E-state index in [-0.39, 0.29) is 0 Å². The summed E-state index contributed by atoms with van der Waals surface area (Å²) < 4.78 is 0. The molecule has 1 aromatic heterocycles. The highest BCUT2D eigenvalue weighted by Gasteiger charge is 2.19. The molecule has 18 heavy (non-hydrogen) atoms. The van der Waals surface area contributed by atoms with E-state index >= 15 is 0 Å². The molecule has 0 fully saturated rings. The Balaban J connectivity index is 2.93. The molecule has 1 aromatic rings. The van der Waals surface area contributed by atoms with Gasteiger partial charge in [-0.15, -0.1) is 0 Å². The minimum atomic E-state index is -0.715. The quantitative estimate of drug-likeness (QED) is 0.808. The van der Waals surface area contributed by atoms with Crippen molar-refractivity contribution in [2.75, 3.05) is 25.0 Å². The molecule has 0 aromatic carbocycles. The number of hydrogen-bond donors (Lipinski definition) is 2. The SMILES string of the molecule is CCN(CC(C)(C)O)c1ncc(CNC)cc1C. The van der Waals surface area contributed by atoms with Crippen LogP contribution in [0.4, 0.5) is 5.82 Å². The molecule has 0 spiro atoms. The molecule has 0 aliphatic carbocycles. The van der Waals surface area contributed by atoms with Gasteiger partial charge in [-0.05, 0) is 51.9 Å². The van der Waals surface area contributed by atoms with E-state index in [0.29, 0.717) is 6.54 Å². The zero-order valence-corrected chi connectivity index (χ0v) is 12.1. The summed E-state index contributed by atoms with van der Waals surface area (Å²) in [5.74, 6) is 0.958. The van der Waals surface area contributed by atoms with Crippen molar-refractivity contribution in [2.24, 2.45) is 0 Å². The first-order valence-corrected chi connectivity index (χ1v) is 6.45. The zero-order chi connectivity index (χ0) is 13.8. The Morgan fingerprint density at radius 3 is 2.56 bits per heavy atom. The summed E-state index contributed by atoms with van der Waals surface area (Å²) in [6.45, 7) is 10.0. The molecular weight excluding hydrogens is 226 g/mol. The molecule has 0 unspecified atom stereocenters. The molecule has 0 radical (unpaired) electrons. The maximum atomic E-state index is 9.93. The lowest BCUT2D eigenvalue weighted by Gasteiger charge is -2.30. The average Bonchev–Trinajstić information content (AvgIpc) is 2.26. The molecule has 102 valence electrons. The number of pyridine rings is 1. The van der Waals surface area contributed by atoms with E-state index < -0.39 is 5.60 Å². The maximum absolute atomic E-state index is 9.93. The highest BCUT2D eigenvalue weighted by Crippen LogP contribution is 2.20. The smallest absolute Gasteiger partial charge is 0.131 e. The van der Waals surface area contributed by atoms with Gasteiger partial charge in [0.1, 0.15) is 5.82 Å². The molecule has 2 N–H and O–H groups in total. The Bertz CT molecular complexity index is 385. The Labute approximate surface area is 110 Å². The van der Waals surface area contributed by atoms with Crippen LogP contribution in [0.25, 0.3) is 0 Å². The van der Waals surface area contributed by atoms with Crippen LogP contribution in [0.3, 0.4) is 0 Å². The van der Waals surface area contributed by atoms with Crippen molar-refractivity contribution in [3.8, 4) is 0 Å². The molecule has 4 nitrogen and oxygen atoms in total. The molecule has 0 saturated carbocycles. The predicted octanol–water partition coefficient (Wildman–Crippen LogP) is 1.71. The third kappa shape index (κ3) is 4.27. The zero-order valence-electron chi connectivity index (χ0n) is 12.1. The molecule has 0 bridgehead atoms. The summed E-state index contributed by atoms with van der Waals surface area (Å²) in [5.41, 5.74) is 1.61. The van der Waals surface area contributed by atoms with Gasteiger partial charge >= 0.3 is 0 Å². The van der Waals surface area contributed by atoms with Gasteiger partial charge in [-0.25, -0.2) is 4.98 Å². The topological polar surface area (TPSA) is 48.4 Å². The van der Waals surface area contributed by atoms with Gasteiger partial charge < -0.3 is 15.3 Å². The second kappa shape index (κ2) is 6.16. The lowest BCUT2D eigenvalue weighted by atomic mass is 10.1. The number of nitrogens with one attached hydrogen (secondary N) is 1. The van der Waals surface area contributed by atoms with Crippen LogP contribution in [0.1, 0.15) is 31.9 Å². The summed E-state index contributed by atoms with van der Waals surface area (Å²) in [4.78, 5) is 6.64. The molecule has 4 heteroatoms. The van der Waals surface area contributed by atoms with Gasteiger partial charge in [-0.1, -0.05) is 0 Å². The third-order valence-electron chi connectivity index (χ3n) is 2.75. The Kier molecular flexibility index (Phi) is 5.11. The van der Waals surface area contributed by atoms with Crippen LogP contribution in [0.15, 0.2) is 12.3 Å². The van der Waals surface area contributed by atoms with Crippen molar-refractivity contribution in [3.05, 3.63) is 23.4 Å². The number of nitrogens with zero attached hydrogens (tertiary/aromatic N) is 2. The highest BCUT2D eigenvalue weighted by molar-refractivity contribution is 5.47. The summed E-state index contributed by atoms with van der Waals surface area (Å²) in [6, 6.07) is 2.14. The fraction of sp³-hybridized carbons (Fsp3) is 0.643. The number of anilines is 1. The third-order valence-corrected chi connectivity index (χ3v) is 2.75. The number of hydrogen-bond acceptors (Lipinski definition) is 4. The number of likely N-dealkylation sites (N-methyl/N-ethyl adjacent to an activating group) is 1. The van der Waals surface area contributed by atoms with E-state index in [1.54, 1.807) is 0 Å². The standard InChI is InChI=1S/C14H25N3O/c1-6-17(10-14(3,4)18)13-11(2)7-12(8-15-5)9-16-13/h7,9,15,18H,6,8,10H2,1-5H3. The summed E-state index contributed by atoms with van der Waals surface area (Å²) >= 11 is 0. The summed E-state index contributed by atoms with van der Waals surface area (Å²) in [6.07, 6.45) is 1.89. The van der Waals surface area contributed by atoms with Gasteiger partial charge in [-0.3, -0.25) is 0 Å². The number of aliphatic hydroxyl groups is 1. The van der Waals surface area contributed by atoms with E-state index in [9.17, 15) is 5.11 Å². The van der Waals surface area contributed by atoms with Crippen LogP contribution < -0.4 is 10.2 Å².